The normalized spacial score (nSPS) is 12.8. The third-order valence-corrected chi connectivity index (χ3v) is 2.09. The number of nitrogens with zero attached hydrogens (tertiary/aromatic N) is 1. The van der Waals surface area contributed by atoms with Crippen molar-refractivity contribution < 1.29 is 18.7 Å². The number of alkyl halides is 2. The Labute approximate surface area is 85.8 Å². The van der Waals surface area contributed by atoms with Crippen LogP contribution in [-0.2, 0) is 4.79 Å². The van der Waals surface area contributed by atoms with Gasteiger partial charge < -0.3 is 5.11 Å². The first-order chi connectivity index (χ1) is 7.02. The number of halogens is 2. The fraction of sp³-hybridized carbons (Fsp3) is 0.400. The molecule has 0 radical (unpaired) electrons. The maximum atomic E-state index is 12.5. The van der Waals surface area contributed by atoms with Gasteiger partial charge in [0.25, 0.3) is 6.43 Å². The molecule has 3 nitrogen and oxygen atoms in total. The van der Waals surface area contributed by atoms with Crippen molar-refractivity contribution in [1.82, 2.24) is 4.98 Å². The number of aliphatic carboxylic acids is 1. The molecule has 0 saturated carbocycles. The van der Waals surface area contributed by atoms with Crippen LogP contribution in [0.25, 0.3) is 0 Å². The smallest absolute Gasteiger partial charge is 0.303 e. The molecule has 1 atom stereocenters. The van der Waals surface area contributed by atoms with E-state index in [0.717, 1.165) is 0 Å². The summed E-state index contributed by atoms with van der Waals surface area (Å²) in [7, 11) is 0. The highest BCUT2D eigenvalue weighted by atomic mass is 19.3. The molecule has 1 aromatic rings. The lowest BCUT2D eigenvalue weighted by atomic mass is 9.96. The summed E-state index contributed by atoms with van der Waals surface area (Å²) >= 11 is 0. The van der Waals surface area contributed by atoms with E-state index in [1.807, 2.05) is 0 Å². The van der Waals surface area contributed by atoms with Gasteiger partial charge >= 0.3 is 5.97 Å². The van der Waals surface area contributed by atoms with Crippen LogP contribution >= 0.6 is 0 Å². The second-order valence-corrected chi connectivity index (χ2v) is 3.28. The maximum Gasteiger partial charge on any atom is 0.303 e. The van der Waals surface area contributed by atoms with Gasteiger partial charge in [0.15, 0.2) is 0 Å². The van der Waals surface area contributed by atoms with Crippen molar-refractivity contribution in [2.75, 3.05) is 0 Å². The fourth-order valence-corrected chi connectivity index (χ4v) is 1.40. The zero-order chi connectivity index (χ0) is 11.4. The number of carbonyl (C=O) groups is 1. The predicted molar refractivity (Wildman–Crippen MR) is 49.9 cm³/mol. The van der Waals surface area contributed by atoms with Crippen molar-refractivity contribution in [1.29, 1.82) is 0 Å². The highest BCUT2D eigenvalue weighted by Crippen LogP contribution is 2.27. The highest BCUT2D eigenvalue weighted by molar-refractivity contribution is 5.68. The largest absolute Gasteiger partial charge is 0.481 e. The Hall–Kier alpha value is -1.52. The van der Waals surface area contributed by atoms with Crippen molar-refractivity contribution in [3.8, 4) is 0 Å². The molecule has 1 heterocycles. The number of hydrogen-bond donors (Lipinski definition) is 1. The van der Waals surface area contributed by atoms with E-state index in [-0.39, 0.29) is 12.1 Å². The molecule has 0 aliphatic rings. The lowest BCUT2D eigenvalue weighted by molar-refractivity contribution is -0.137. The zero-order valence-corrected chi connectivity index (χ0v) is 8.15. The first-order valence-corrected chi connectivity index (χ1v) is 4.47. The summed E-state index contributed by atoms with van der Waals surface area (Å²) in [4.78, 5) is 14.0. The van der Waals surface area contributed by atoms with E-state index in [0.29, 0.717) is 5.56 Å². The molecule has 0 amide bonds. The third-order valence-electron chi connectivity index (χ3n) is 2.09. The minimum atomic E-state index is -2.67. The summed E-state index contributed by atoms with van der Waals surface area (Å²) in [6.45, 7) is 1.59. The molecule has 1 N–H and O–H groups in total. The Morgan fingerprint density at radius 2 is 2.27 bits per heavy atom. The molecule has 1 aromatic heterocycles. The van der Waals surface area contributed by atoms with Crippen LogP contribution in [0.15, 0.2) is 18.3 Å². The molecule has 15 heavy (non-hydrogen) atoms. The van der Waals surface area contributed by atoms with Gasteiger partial charge in [-0.3, -0.25) is 9.78 Å². The van der Waals surface area contributed by atoms with Gasteiger partial charge in [-0.15, -0.1) is 0 Å². The van der Waals surface area contributed by atoms with Crippen LogP contribution in [0.2, 0.25) is 0 Å². The second kappa shape index (κ2) is 4.82. The van der Waals surface area contributed by atoms with Crippen LogP contribution in [0, 0.1) is 0 Å². The van der Waals surface area contributed by atoms with Gasteiger partial charge in [0.05, 0.1) is 6.42 Å². The van der Waals surface area contributed by atoms with E-state index in [1.165, 1.54) is 18.3 Å². The summed E-state index contributed by atoms with van der Waals surface area (Å²) in [5.41, 5.74) is -0.0267. The quantitative estimate of drug-likeness (QED) is 0.839. The topological polar surface area (TPSA) is 50.2 Å². The zero-order valence-electron chi connectivity index (χ0n) is 8.15. The average Bonchev–Trinajstić information content (AvgIpc) is 2.16. The Morgan fingerprint density at radius 3 is 2.80 bits per heavy atom. The molecule has 1 rings (SSSR count). The molecule has 0 spiro atoms. The average molecular weight is 215 g/mol. The number of hydrogen-bond acceptors (Lipinski definition) is 2. The van der Waals surface area contributed by atoms with E-state index in [4.69, 9.17) is 5.11 Å². The van der Waals surface area contributed by atoms with Crippen LogP contribution in [0.3, 0.4) is 0 Å². The van der Waals surface area contributed by atoms with E-state index in [1.54, 1.807) is 6.92 Å². The summed E-state index contributed by atoms with van der Waals surface area (Å²) in [6.07, 6.45) is -1.57. The molecular formula is C10H11F2NO2. The van der Waals surface area contributed by atoms with E-state index < -0.39 is 18.3 Å². The lowest BCUT2D eigenvalue weighted by Gasteiger charge is -2.12. The molecule has 0 saturated heterocycles. The molecule has 0 aliphatic carbocycles. The fourth-order valence-electron chi connectivity index (χ4n) is 1.40. The van der Waals surface area contributed by atoms with Gasteiger partial charge in [0.2, 0.25) is 0 Å². The Kier molecular flexibility index (Phi) is 3.71. The van der Waals surface area contributed by atoms with Crippen LogP contribution in [-0.4, -0.2) is 16.1 Å². The summed E-state index contributed by atoms with van der Waals surface area (Å²) in [5.74, 6) is -1.47. The lowest BCUT2D eigenvalue weighted by Crippen LogP contribution is -2.07. The van der Waals surface area contributed by atoms with Gasteiger partial charge in [0, 0.05) is 6.20 Å². The predicted octanol–water partition coefficient (Wildman–Crippen LogP) is 2.60. The van der Waals surface area contributed by atoms with Crippen LogP contribution in [0.4, 0.5) is 8.78 Å². The molecule has 82 valence electrons. The Balaban J connectivity index is 2.97. The molecule has 0 fully saturated rings. The number of pyridine rings is 1. The monoisotopic (exact) mass is 215 g/mol. The van der Waals surface area contributed by atoms with Crippen LogP contribution in [0.1, 0.15) is 36.9 Å². The highest BCUT2D eigenvalue weighted by Gasteiger charge is 2.19. The van der Waals surface area contributed by atoms with Crippen molar-refractivity contribution >= 4 is 5.97 Å². The van der Waals surface area contributed by atoms with Gasteiger partial charge in [-0.25, -0.2) is 8.78 Å². The standard InChI is InChI=1S/C10H11F2NO2/c1-6(5-8(14)15)7-3-2-4-13-9(7)10(11)12/h2-4,6,10H,5H2,1H3,(H,14,15). The van der Waals surface area contributed by atoms with Crippen molar-refractivity contribution in [3.63, 3.8) is 0 Å². The van der Waals surface area contributed by atoms with Gasteiger partial charge in [-0.1, -0.05) is 13.0 Å². The maximum absolute atomic E-state index is 12.5. The summed E-state index contributed by atoms with van der Waals surface area (Å²) < 4.78 is 25.0. The third kappa shape index (κ3) is 2.97. The number of carboxylic acids is 1. The van der Waals surface area contributed by atoms with E-state index in [9.17, 15) is 13.6 Å². The Morgan fingerprint density at radius 1 is 1.60 bits per heavy atom. The molecule has 0 aliphatic heterocycles. The summed E-state index contributed by atoms with van der Waals surface area (Å²) in [5, 5.41) is 8.57. The molecule has 0 bridgehead atoms. The number of aromatic nitrogens is 1. The van der Waals surface area contributed by atoms with Crippen LogP contribution < -0.4 is 0 Å². The number of rotatable bonds is 4. The van der Waals surface area contributed by atoms with Gasteiger partial charge in [0.1, 0.15) is 5.69 Å². The van der Waals surface area contributed by atoms with Crippen molar-refractivity contribution in [2.24, 2.45) is 0 Å². The Bertz CT molecular complexity index is 355. The number of carboxylic acid groups (broad SMARTS) is 1. The van der Waals surface area contributed by atoms with Gasteiger partial charge in [-0.05, 0) is 17.5 Å². The first-order valence-electron chi connectivity index (χ1n) is 4.47. The molecule has 0 aromatic carbocycles. The SMILES string of the molecule is CC(CC(=O)O)c1cccnc1C(F)F. The summed E-state index contributed by atoms with van der Waals surface area (Å²) in [6, 6.07) is 3.02. The first kappa shape index (κ1) is 11.6. The molecule has 1 unspecified atom stereocenters. The van der Waals surface area contributed by atoms with Crippen molar-refractivity contribution in [2.45, 2.75) is 25.7 Å². The van der Waals surface area contributed by atoms with E-state index >= 15 is 0 Å². The second-order valence-electron chi connectivity index (χ2n) is 3.28. The minimum Gasteiger partial charge on any atom is -0.481 e. The van der Waals surface area contributed by atoms with Crippen LogP contribution in [0.5, 0.6) is 0 Å². The minimum absolute atomic E-state index is 0.175. The molecular weight excluding hydrogens is 204 g/mol. The van der Waals surface area contributed by atoms with Gasteiger partial charge in [-0.2, -0.15) is 0 Å². The molecule has 5 heteroatoms. The van der Waals surface area contributed by atoms with Crippen molar-refractivity contribution in [3.05, 3.63) is 29.6 Å². The van der Waals surface area contributed by atoms with E-state index in [2.05, 4.69) is 4.98 Å².